The van der Waals surface area contributed by atoms with E-state index < -0.39 is 0 Å². The van der Waals surface area contributed by atoms with Gasteiger partial charge in [-0.05, 0) is 23.6 Å². The van der Waals surface area contributed by atoms with E-state index in [1.54, 1.807) is 4.90 Å². The third-order valence-electron chi connectivity index (χ3n) is 3.97. The van der Waals surface area contributed by atoms with Gasteiger partial charge in [0.25, 0.3) is 0 Å². The van der Waals surface area contributed by atoms with Gasteiger partial charge < -0.3 is 9.64 Å². The van der Waals surface area contributed by atoms with E-state index in [-0.39, 0.29) is 31.3 Å². The van der Waals surface area contributed by atoms with Gasteiger partial charge in [-0.3, -0.25) is 9.59 Å². The van der Waals surface area contributed by atoms with Crippen molar-refractivity contribution in [3.05, 3.63) is 65.7 Å². The van der Waals surface area contributed by atoms with Crippen molar-refractivity contribution in [2.45, 2.75) is 25.9 Å². The van der Waals surface area contributed by atoms with Crippen LogP contribution in [0.1, 0.15) is 24.0 Å². The maximum Gasteiger partial charge on any atom is 0.306 e. The minimum absolute atomic E-state index is 0.0217. The number of esters is 1. The van der Waals surface area contributed by atoms with Gasteiger partial charge in [0.05, 0.1) is 6.42 Å². The first-order valence-corrected chi connectivity index (χ1v) is 7.82. The molecule has 1 heterocycles. The van der Waals surface area contributed by atoms with E-state index in [1.165, 1.54) is 5.56 Å². The summed E-state index contributed by atoms with van der Waals surface area (Å²) >= 11 is 0. The lowest BCUT2D eigenvalue weighted by molar-refractivity contribution is -0.146. The number of rotatable bonds is 5. The molecule has 23 heavy (non-hydrogen) atoms. The summed E-state index contributed by atoms with van der Waals surface area (Å²) < 4.78 is 5.20. The molecule has 3 rings (SSSR count). The van der Waals surface area contributed by atoms with Crippen LogP contribution in [0.3, 0.4) is 0 Å². The van der Waals surface area contributed by atoms with E-state index in [4.69, 9.17) is 4.74 Å². The van der Waals surface area contributed by atoms with Crippen molar-refractivity contribution in [2.24, 2.45) is 0 Å². The molecule has 1 amide bonds. The van der Waals surface area contributed by atoms with Crippen LogP contribution < -0.4 is 4.90 Å². The summed E-state index contributed by atoms with van der Waals surface area (Å²) in [6.07, 6.45) is 1.17. The molecule has 4 nitrogen and oxygen atoms in total. The topological polar surface area (TPSA) is 46.6 Å². The van der Waals surface area contributed by atoms with Crippen LogP contribution >= 0.6 is 0 Å². The number of hydrogen-bond donors (Lipinski definition) is 0. The third-order valence-corrected chi connectivity index (χ3v) is 3.97. The zero-order chi connectivity index (χ0) is 16.1. The average Bonchev–Trinajstić information content (AvgIpc) is 3.03. The van der Waals surface area contributed by atoms with Crippen molar-refractivity contribution >= 4 is 17.6 Å². The molecule has 0 radical (unpaired) electrons. The van der Waals surface area contributed by atoms with Gasteiger partial charge in [-0.25, -0.2) is 0 Å². The van der Waals surface area contributed by atoms with Crippen LogP contribution in [-0.2, 0) is 27.4 Å². The van der Waals surface area contributed by atoms with Gasteiger partial charge in [0.15, 0.2) is 0 Å². The van der Waals surface area contributed by atoms with Crippen LogP contribution in [0.2, 0.25) is 0 Å². The molecule has 0 fully saturated rings. The van der Waals surface area contributed by atoms with Gasteiger partial charge in [0.1, 0.15) is 6.61 Å². The molecule has 0 bridgehead atoms. The van der Waals surface area contributed by atoms with Crippen LogP contribution in [0.25, 0.3) is 0 Å². The summed E-state index contributed by atoms with van der Waals surface area (Å²) in [5, 5.41) is 0. The first-order valence-electron chi connectivity index (χ1n) is 7.82. The number of carbonyl (C=O) groups is 2. The molecule has 0 spiro atoms. The summed E-state index contributed by atoms with van der Waals surface area (Å²) in [5.41, 5.74) is 3.10. The minimum atomic E-state index is -0.338. The maximum atomic E-state index is 12.3. The van der Waals surface area contributed by atoms with E-state index in [0.29, 0.717) is 6.54 Å². The standard InChI is InChI=1S/C19H19NO3/c21-18(20-13-12-16-8-4-5-9-17(16)20)10-11-19(22)23-14-15-6-2-1-3-7-15/h1-9H,10-14H2. The number of hydrogen-bond acceptors (Lipinski definition) is 3. The number of para-hydroxylation sites is 1. The van der Waals surface area contributed by atoms with Crippen molar-refractivity contribution < 1.29 is 14.3 Å². The molecule has 0 saturated carbocycles. The normalized spacial score (nSPS) is 12.8. The zero-order valence-corrected chi connectivity index (χ0v) is 12.9. The van der Waals surface area contributed by atoms with Gasteiger partial charge in [0, 0.05) is 18.7 Å². The number of carbonyl (C=O) groups excluding carboxylic acids is 2. The second-order valence-electron chi connectivity index (χ2n) is 5.57. The Morgan fingerprint density at radius 1 is 0.957 bits per heavy atom. The summed E-state index contributed by atoms with van der Waals surface area (Å²) in [7, 11) is 0. The third kappa shape index (κ3) is 3.77. The van der Waals surface area contributed by atoms with Gasteiger partial charge >= 0.3 is 5.97 Å². The number of ether oxygens (including phenoxy) is 1. The van der Waals surface area contributed by atoms with E-state index in [1.807, 2.05) is 54.6 Å². The number of anilines is 1. The van der Waals surface area contributed by atoms with Crippen LogP contribution in [0.5, 0.6) is 0 Å². The second kappa shape index (κ2) is 7.09. The molecule has 0 saturated heterocycles. The molecular formula is C19H19NO3. The van der Waals surface area contributed by atoms with E-state index >= 15 is 0 Å². The highest BCUT2D eigenvalue weighted by Crippen LogP contribution is 2.28. The van der Waals surface area contributed by atoms with Crippen LogP contribution in [0.15, 0.2) is 54.6 Å². The van der Waals surface area contributed by atoms with Gasteiger partial charge in [-0.2, -0.15) is 0 Å². The molecule has 0 N–H and O–H groups in total. The lowest BCUT2D eigenvalue weighted by atomic mass is 10.2. The Morgan fingerprint density at radius 2 is 1.70 bits per heavy atom. The predicted molar refractivity (Wildman–Crippen MR) is 88.0 cm³/mol. The number of fused-ring (bicyclic) bond motifs is 1. The highest BCUT2D eigenvalue weighted by atomic mass is 16.5. The van der Waals surface area contributed by atoms with E-state index in [0.717, 1.165) is 17.7 Å². The minimum Gasteiger partial charge on any atom is -0.461 e. The Kier molecular flexibility index (Phi) is 4.71. The molecule has 1 aliphatic rings. The monoisotopic (exact) mass is 309 g/mol. The van der Waals surface area contributed by atoms with Crippen molar-refractivity contribution in [2.75, 3.05) is 11.4 Å². The van der Waals surface area contributed by atoms with Crippen molar-refractivity contribution in [1.82, 2.24) is 0 Å². The summed E-state index contributed by atoms with van der Waals surface area (Å²) in [5.74, 6) is -0.360. The lowest BCUT2D eigenvalue weighted by Gasteiger charge is -2.17. The van der Waals surface area contributed by atoms with E-state index in [9.17, 15) is 9.59 Å². The van der Waals surface area contributed by atoms with Crippen molar-refractivity contribution in [1.29, 1.82) is 0 Å². The molecule has 0 atom stereocenters. The Bertz CT molecular complexity index is 697. The molecule has 0 unspecified atom stereocenters. The fraction of sp³-hybridized carbons (Fsp3) is 0.263. The Morgan fingerprint density at radius 3 is 2.52 bits per heavy atom. The molecule has 4 heteroatoms. The van der Waals surface area contributed by atoms with Crippen molar-refractivity contribution in [3.8, 4) is 0 Å². The summed E-state index contributed by atoms with van der Waals surface area (Å²) in [4.78, 5) is 25.9. The first-order chi connectivity index (χ1) is 11.2. The second-order valence-corrected chi connectivity index (χ2v) is 5.57. The highest BCUT2D eigenvalue weighted by molar-refractivity contribution is 5.96. The molecule has 0 aliphatic carbocycles. The number of nitrogens with zero attached hydrogens (tertiary/aromatic N) is 1. The molecule has 0 aromatic heterocycles. The molecule has 2 aromatic rings. The quantitative estimate of drug-likeness (QED) is 0.797. The Labute approximate surface area is 135 Å². The molecular weight excluding hydrogens is 290 g/mol. The highest BCUT2D eigenvalue weighted by Gasteiger charge is 2.24. The molecule has 1 aliphatic heterocycles. The lowest BCUT2D eigenvalue weighted by Crippen LogP contribution is -2.29. The number of amides is 1. The van der Waals surface area contributed by atoms with Crippen molar-refractivity contribution in [3.63, 3.8) is 0 Å². The predicted octanol–water partition coefficient (Wildman–Crippen LogP) is 3.10. The summed E-state index contributed by atoms with van der Waals surface area (Å²) in [6.45, 7) is 0.942. The number of benzene rings is 2. The smallest absolute Gasteiger partial charge is 0.306 e. The van der Waals surface area contributed by atoms with Gasteiger partial charge in [-0.15, -0.1) is 0 Å². The Balaban J connectivity index is 1.47. The van der Waals surface area contributed by atoms with Crippen LogP contribution in [0.4, 0.5) is 5.69 Å². The zero-order valence-electron chi connectivity index (χ0n) is 12.9. The molecule has 118 valence electrons. The Hall–Kier alpha value is -2.62. The van der Waals surface area contributed by atoms with Crippen LogP contribution in [-0.4, -0.2) is 18.4 Å². The van der Waals surface area contributed by atoms with Crippen LogP contribution in [0, 0.1) is 0 Å². The van der Waals surface area contributed by atoms with E-state index in [2.05, 4.69) is 0 Å². The fourth-order valence-electron chi connectivity index (χ4n) is 2.75. The SMILES string of the molecule is O=C(CCC(=O)N1CCc2ccccc21)OCc1ccccc1. The first kappa shape index (κ1) is 15.3. The molecule has 2 aromatic carbocycles. The maximum absolute atomic E-state index is 12.3. The van der Waals surface area contributed by atoms with Gasteiger partial charge in [-0.1, -0.05) is 48.5 Å². The average molecular weight is 309 g/mol. The summed E-state index contributed by atoms with van der Waals surface area (Å²) in [6, 6.07) is 17.4. The fourth-order valence-corrected chi connectivity index (χ4v) is 2.75. The van der Waals surface area contributed by atoms with Gasteiger partial charge in [0.2, 0.25) is 5.91 Å². The largest absolute Gasteiger partial charge is 0.461 e.